The molecule has 3 saturated heterocycles. The summed E-state index contributed by atoms with van der Waals surface area (Å²) in [7, 11) is 1.72. The Labute approximate surface area is 308 Å². The molecular formula is C38H51BrN4O8. The zero-order valence-corrected chi connectivity index (χ0v) is 31.2. The van der Waals surface area contributed by atoms with Gasteiger partial charge in [0.05, 0.1) is 25.2 Å². The van der Waals surface area contributed by atoms with E-state index in [1.54, 1.807) is 21.7 Å². The van der Waals surface area contributed by atoms with E-state index in [1.807, 2.05) is 55.5 Å². The molecule has 5 heterocycles. The molecule has 0 unspecified atom stereocenters. The number of allylic oxidation sites excluding steroid dienone is 1. The number of halogens is 1. The summed E-state index contributed by atoms with van der Waals surface area (Å²) in [5, 5.41) is 9.31. The van der Waals surface area contributed by atoms with E-state index < -0.39 is 47.7 Å². The van der Waals surface area contributed by atoms with Gasteiger partial charge in [0.2, 0.25) is 17.7 Å². The Morgan fingerprint density at radius 3 is 2.41 bits per heavy atom. The highest BCUT2D eigenvalue weighted by molar-refractivity contribution is 9.11. The van der Waals surface area contributed by atoms with E-state index in [9.17, 15) is 24.3 Å². The Kier molecular flexibility index (Phi) is 12.3. The average molecular weight is 772 g/mol. The monoisotopic (exact) mass is 770 g/mol. The predicted molar refractivity (Wildman–Crippen MR) is 192 cm³/mol. The summed E-state index contributed by atoms with van der Waals surface area (Å²) in [6.07, 6.45) is 7.74. The van der Waals surface area contributed by atoms with Gasteiger partial charge in [0.25, 0.3) is 0 Å². The van der Waals surface area contributed by atoms with Gasteiger partial charge in [-0.3, -0.25) is 24.1 Å². The number of esters is 1. The number of fused-ring (bicyclic) bond motifs is 2. The van der Waals surface area contributed by atoms with E-state index in [0.29, 0.717) is 63.1 Å². The molecule has 3 amide bonds. The summed E-state index contributed by atoms with van der Waals surface area (Å²) in [5.41, 5.74) is -0.627. The van der Waals surface area contributed by atoms with E-state index >= 15 is 0 Å². The number of nitrogens with zero attached hydrogens (tertiary/aromatic N) is 4. The van der Waals surface area contributed by atoms with Crippen LogP contribution >= 0.6 is 15.9 Å². The van der Waals surface area contributed by atoms with Crippen molar-refractivity contribution < 1.29 is 38.5 Å². The first-order chi connectivity index (χ1) is 24.7. The first-order valence-corrected chi connectivity index (χ1v) is 19.2. The number of ether oxygens (including phenoxy) is 3. The van der Waals surface area contributed by atoms with Crippen molar-refractivity contribution in [1.82, 2.24) is 19.6 Å². The number of cyclic esters (lactones) is 1. The number of amides is 3. The SMILES string of the molecule is C[C@H]1[C@H](c2ccccc2)OC(=O)[C@H]2[C@@H]3O[C@@]4(C=C3Br)[C@@H]2C(=O)N(CCCCCCO)[C@@H]4C(=O)N(CCN2CCOCC2)C/C=C\CCC(=O)N1C. The van der Waals surface area contributed by atoms with Gasteiger partial charge in [-0.25, -0.2) is 0 Å². The third kappa shape index (κ3) is 7.69. The molecular weight excluding hydrogens is 720 g/mol. The number of hydrogen-bond acceptors (Lipinski definition) is 9. The first-order valence-electron chi connectivity index (χ1n) is 18.4. The summed E-state index contributed by atoms with van der Waals surface area (Å²) >= 11 is 3.65. The van der Waals surface area contributed by atoms with Gasteiger partial charge in [-0.05, 0) is 37.8 Å². The van der Waals surface area contributed by atoms with Crippen molar-refractivity contribution in [3.63, 3.8) is 0 Å². The third-order valence-electron chi connectivity index (χ3n) is 11.2. The van der Waals surface area contributed by atoms with Gasteiger partial charge in [0.1, 0.15) is 29.8 Å². The molecule has 5 aliphatic rings. The molecule has 0 radical (unpaired) electrons. The van der Waals surface area contributed by atoms with Crippen LogP contribution in [0.15, 0.2) is 53.0 Å². The smallest absolute Gasteiger partial charge is 0.313 e. The number of carbonyl (C=O) groups excluding carboxylic acids is 4. The highest BCUT2D eigenvalue weighted by Gasteiger charge is 2.75. The van der Waals surface area contributed by atoms with Crippen LogP contribution in [0.1, 0.15) is 57.1 Å². The Balaban J connectivity index is 1.38. The molecule has 51 heavy (non-hydrogen) atoms. The predicted octanol–water partition coefficient (Wildman–Crippen LogP) is 3.05. The lowest BCUT2D eigenvalue weighted by Gasteiger charge is -2.37. The molecule has 1 aromatic rings. The van der Waals surface area contributed by atoms with Gasteiger partial charge >= 0.3 is 5.97 Å². The molecule has 278 valence electrons. The average Bonchev–Trinajstić information content (AvgIpc) is 3.74. The summed E-state index contributed by atoms with van der Waals surface area (Å²) < 4.78 is 19.2. The van der Waals surface area contributed by atoms with Crippen LogP contribution in [0.5, 0.6) is 0 Å². The van der Waals surface area contributed by atoms with Gasteiger partial charge in [-0.2, -0.15) is 0 Å². The van der Waals surface area contributed by atoms with E-state index in [1.165, 1.54) is 0 Å². The Morgan fingerprint density at radius 1 is 0.922 bits per heavy atom. The van der Waals surface area contributed by atoms with Crippen molar-refractivity contribution in [2.45, 2.75) is 75.3 Å². The number of hydrogen-bond donors (Lipinski definition) is 1. The second-order valence-corrected chi connectivity index (χ2v) is 15.2. The maximum Gasteiger partial charge on any atom is 0.313 e. The second kappa shape index (κ2) is 16.7. The molecule has 0 saturated carbocycles. The molecule has 7 atom stereocenters. The van der Waals surface area contributed by atoms with Crippen LogP contribution in [0.3, 0.4) is 0 Å². The number of aliphatic hydroxyl groups excluding tert-OH is 1. The largest absolute Gasteiger partial charge is 0.455 e. The number of aliphatic hydroxyl groups is 1. The van der Waals surface area contributed by atoms with Crippen molar-refractivity contribution in [2.24, 2.45) is 11.8 Å². The number of benzene rings is 1. The van der Waals surface area contributed by atoms with Crippen LogP contribution in [0.25, 0.3) is 0 Å². The lowest BCUT2D eigenvalue weighted by atomic mass is 9.74. The van der Waals surface area contributed by atoms with Gasteiger partial charge in [-0.1, -0.05) is 71.3 Å². The number of likely N-dealkylation sites (N-methyl/N-ethyl adjacent to an activating group) is 1. The standard InChI is InChI=1S/C38H51BrN4O8/c1-26-32(27-13-7-5-8-14-27)50-37(48)30-31-35(46)43(17-11-3-4-12-22-44)34(38(31)25-28(39)33(30)51-38)36(47)42(19-18-41-20-23-49-24-21-41)16-10-6-9-15-29(45)40(26)2/h5-8,10,13-14,25-26,30-34,44H,3-4,9,11-12,15-24H2,1-2H3/b10-6-/t26-,30+,31-,32+,33+,34+,38-/m0/s1. The summed E-state index contributed by atoms with van der Waals surface area (Å²) in [6, 6.07) is 7.85. The number of likely N-dealkylation sites (tertiary alicyclic amines) is 1. The van der Waals surface area contributed by atoms with Crippen LogP contribution in [0, 0.1) is 11.8 Å². The Hall–Kier alpha value is -3.10. The molecule has 1 aromatic carbocycles. The zero-order valence-electron chi connectivity index (χ0n) is 29.7. The first kappa shape index (κ1) is 37.7. The maximum absolute atomic E-state index is 15.0. The Bertz CT molecular complexity index is 1490. The third-order valence-corrected chi connectivity index (χ3v) is 11.9. The van der Waals surface area contributed by atoms with Crippen LogP contribution in [-0.2, 0) is 33.4 Å². The summed E-state index contributed by atoms with van der Waals surface area (Å²) in [6.45, 7) is 6.47. The molecule has 3 fully saturated rings. The van der Waals surface area contributed by atoms with Gasteiger partial charge in [0.15, 0.2) is 0 Å². The van der Waals surface area contributed by atoms with E-state index in [2.05, 4.69) is 20.8 Å². The second-order valence-electron chi connectivity index (χ2n) is 14.3. The number of unbranched alkanes of at least 4 members (excludes halogenated alkanes) is 3. The fourth-order valence-corrected chi connectivity index (χ4v) is 8.97. The topological polar surface area (TPSA) is 129 Å². The summed E-state index contributed by atoms with van der Waals surface area (Å²) in [5.74, 6) is -3.17. The number of morpholine rings is 1. The lowest BCUT2D eigenvalue weighted by molar-refractivity contribution is -0.164. The van der Waals surface area contributed by atoms with Crippen LogP contribution < -0.4 is 0 Å². The van der Waals surface area contributed by atoms with Crippen molar-refractivity contribution >= 4 is 39.6 Å². The molecule has 5 aliphatic heterocycles. The highest BCUT2D eigenvalue weighted by atomic mass is 79.9. The van der Waals surface area contributed by atoms with E-state index in [-0.39, 0.29) is 30.7 Å². The minimum atomic E-state index is -1.36. The molecule has 5 bridgehead atoms. The number of carbonyl (C=O) groups is 4. The van der Waals surface area contributed by atoms with Crippen LogP contribution in [0.2, 0.25) is 0 Å². The maximum atomic E-state index is 15.0. The molecule has 6 rings (SSSR count). The van der Waals surface area contributed by atoms with Crippen molar-refractivity contribution in [3.05, 3.63) is 58.6 Å². The van der Waals surface area contributed by atoms with Crippen LogP contribution in [-0.4, -0.2) is 138 Å². The van der Waals surface area contributed by atoms with Gasteiger partial charge < -0.3 is 34.0 Å². The summed E-state index contributed by atoms with van der Waals surface area (Å²) in [4.78, 5) is 64.8. The van der Waals surface area contributed by atoms with E-state index in [0.717, 1.165) is 31.5 Å². The fraction of sp³-hybridized carbons (Fsp3) is 0.632. The minimum absolute atomic E-state index is 0.0922. The minimum Gasteiger partial charge on any atom is -0.455 e. The molecule has 1 spiro atoms. The van der Waals surface area contributed by atoms with Gasteiger partial charge in [0, 0.05) is 63.8 Å². The van der Waals surface area contributed by atoms with Crippen molar-refractivity contribution in [1.29, 1.82) is 0 Å². The van der Waals surface area contributed by atoms with E-state index in [4.69, 9.17) is 14.2 Å². The van der Waals surface area contributed by atoms with Crippen molar-refractivity contribution in [2.75, 3.05) is 66.1 Å². The highest BCUT2D eigenvalue weighted by Crippen LogP contribution is 2.59. The van der Waals surface area contributed by atoms with Crippen LogP contribution in [0.4, 0.5) is 0 Å². The quantitative estimate of drug-likeness (QED) is 0.217. The molecule has 12 nitrogen and oxygen atoms in total. The fourth-order valence-electron chi connectivity index (χ4n) is 8.23. The molecule has 0 aliphatic carbocycles. The lowest BCUT2D eigenvalue weighted by Crippen LogP contribution is -2.57. The Morgan fingerprint density at radius 2 is 1.67 bits per heavy atom. The molecule has 1 N–H and O–H groups in total. The van der Waals surface area contributed by atoms with Gasteiger partial charge in [-0.15, -0.1) is 0 Å². The molecule has 13 heteroatoms. The van der Waals surface area contributed by atoms with Crippen molar-refractivity contribution in [3.8, 4) is 0 Å². The normalized spacial score (nSPS) is 32.7. The number of rotatable bonds is 10. The zero-order chi connectivity index (χ0) is 36.1. The molecule has 0 aromatic heterocycles.